The molecule has 1 atom stereocenters. The Hall–Kier alpha value is -0.620. The zero-order chi connectivity index (χ0) is 12.0. The largest absolute Gasteiger partial charge is 0.326 e. The van der Waals surface area contributed by atoms with E-state index in [4.69, 9.17) is 0 Å². The highest BCUT2D eigenvalue weighted by molar-refractivity contribution is 14.1. The molecule has 0 heterocycles. The number of hydrogen-bond acceptors (Lipinski definition) is 2. The molecular formula is C12H17IN2O. The lowest BCUT2D eigenvalue weighted by atomic mass is 10.1. The van der Waals surface area contributed by atoms with Gasteiger partial charge in [-0.15, -0.1) is 0 Å². The van der Waals surface area contributed by atoms with Crippen LogP contribution in [0, 0.1) is 9.49 Å². The van der Waals surface area contributed by atoms with Gasteiger partial charge in [0.1, 0.15) is 0 Å². The van der Waals surface area contributed by atoms with E-state index in [0.717, 1.165) is 15.8 Å². The second-order valence-electron chi connectivity index (χ2n) is 3.71. The van der Waals surface area contributed by atoms with Gasteiger partial charge in [0.2, 0.25) is 5.91 Å². The summed E-state index contributed by atoms with van der Waals surface area (Å²) in [5.74, 6) is 0.0424. The van der Waals surface area contributed by atoms with Crippen molar-refractivity contribution in [3.05, 3.63) is 27.8 Å². The predicted octanol–water partition coefficient (Wildman–Crippen LogP) is 2.48. The van der Waals surface area contributed by atoms with Crippen molar-refractivity contribution in [2.45, 2.75) is 13.8 Å². The molecule has 1 aromatic carbocycles. The second-order valence-corrected chi connectivity index (χ2v) is 4.95. The Kier molecular flexibility index (Phi) is 5.76. The Bertz CT molecular complexity index is 355. The summed E-state index contributed by atoms with van der Waals surface area (Å²) in [6, 6.07) is 7.79. The van der Waals surface area contributed by atoms with E-state index in [1.165, 1.54) is 0 Å². The van der Waals surface area contributed by atoms with Crippen LogP contribution in [0.3, 0.4) is 0 Å². The van der Waals surface area contributed by atoms with Crippen molar-refractivity contribution >= 4 is 34.2 Å². The third-order valence-corrected chi connectivity index (χ3v) is 2.91. The van der Waals surface area contributed by atoms with E-state index < -0.39 is 0 Å². The number of nitrogens with one attached hydrogen (secondary N) is 2. The Morgan fingerprint density at radius 3 is 2.88 bits per heavy atom. The standard InChI is InChI=1S/C12H17IN2O/c1-3-14-8-9(2)12(16)15-11-6-4-5-10(13)7-11/h4-7,9,14H,3,8H2,1-2H3,(H,15,16). The van der Waals surface area contributed by atoms with Crippen molar-refractivity contribution in [3.8, 4) is 0 Å². The molecule has 2 N–H and O–H groups in total. The van der Waals surface area contributed by atoms with Gasteiger partial charge in [0.05, 0.1) is 0 Å². The van der Waals surface area contributed by atoms with Crippen LogP contribution in [0.15, 0.2) is 24.3 Å². The monoisotopic (exact) mass is 332 g/mol. The molecule has 0 saturated heterocycles. The summed E-state index contributed by atoms with van der Waals surface area (Å²) in [7, 11) is 0. The molecule has 88 valence electrons. The summed E-state index contributed by atoms with van der Waals surface area (Å²) >= 11 is 2.23. The van der Waals surface area contributed by atoms with Crippen molar-refractivity contribution in [3.63, 3.8) is 0 Å². The fraction of sp³-hybridized carbons (Fsp3) is 0.417. The lowest BCUT2D eigenvalue weighted by Crippen LogP contribution is -2.30. The van der Waals surface area contributed by atoms with Gasteiger partial charge in [0.15, 0.2) is 0 Å². The molecule has 0 aromatic heterocycles. The van der Waals surface area contributed by atoms with Crippen molar-refractivity contribution in [1.82, 2.24) is 5.32 Å². The Morgan fingerprint density at radius 1 is 1.50 bits per heavy atom. The van der Waals surface area contributed by atoms with Gasteiger partial charge in [0.25, 0.3) is 0 Å². The highest BCUT2D eigenvalue weighted by atomic mass is 127. The van der Waals surface area contributed by atoms with Gasteiger partial charge in [-0.1, -0.05) is 19.9 Å². The zero-order valence-corrected chi connectivity index (χ0v) is 11.7. The summed E-state index contributed by atoms with van der Waals surface area (Å²) < 4.78 is 1.12. The molecular weight excluding hydrogens is 315 g/mol. The highest BCUT2D eigenvalue weighted by Crippen LogP contribution is 2.13. The molecule has 1 rings (SSSR count). The van der Waals surface area contributed by atoms with Crippen LogP contribution in [0.5, 0.6) is 0 Å². The second kappa shape index (κ2) is 6.85. The molecule has 16 heavy (non-hydrogen) atoms. The summed E-state index contributed by atoms with van der Waals surface area (Å²) in [4.78, 5) is 11.8. The van der Waals surface area contributed by atoms with E-state index in [-0.39, 0.29) is 11.8 Å². The van der Waals surface area contributed by atoms with Crippen LogP contribution in [0.2, 0.25) is 0 Å². The van der Waals surface area contributed by atoms with Gasteiger partial charge in [-0.3, -0.25) is 4.79 Å². The van der Waals surface area contributed by atoms with Crippen LogP contribution in [0.4, 0.5) is 5.69 Å². The summed E-state index contributed by atoms with van der Waals surface area (Å²) in [6.07, 6.45) is 0. The third kappa shape index (κ3) is 4.49. The van der Waals surface area contributed by atoms with Crippen LogP contribution < -0.4 is 10.6 Å². The molecule has 0 radical (unpaired) electrons. The van der Waals surface area contributed by atoms with Gasteiger partial charge >= 0.3 is 0 Å². The Labute approximate surface area is 110 Å². The average Bonchev–Trinajstić information content (AvgIpc) is 2.25. The fourth-order valence-electron chi connectivity index (χ4n) is 1.29. The molecule has 4 heteroatoms. The van der Waals surface area contributed by atoms with E-state index in [1.807, 2.05) is 38.1 Å². The third-order valence-electron chi connectivity index (χ3n) is 2.24. The molecule has 3 nitrogen and oxygen atoms in total. The van der Waals surface area contributed by atoms with Crippen molar-refractivity contribution < 1.29 is 4.79 Å². The molecule has 0 bridgehead atoms. The number of anilines is 1. The normalized spacial score (nSPS) is 12.2. The van der Waals surface area contributed by atoms with Gasteiger partial charge in [-0.2, -0.15) is 0 Å². The lowest BCUT2D eigenvalue weighted by Gasteiger charge is -2.12. The molecule has 0 aliphatic heterocycles. The molecule has 0 fully saturated rings. The molecule has 1 amide bonds. The van der Waals surface area contributed by atoms with Crippen molar-refractivity contribution in [1.29, 1.82) is 0 Å². The lowest BCUT2D eigenvalue weighted by molar-refractivity contribution is -0.119. The summed E-state index contributed by atoms with van der Waals surface area (Å²) in [5.41, 5.74) is 0.861. The summed E-state index contributed by atoms with van der Waals surface area (Å²) in [6.45, 7) is 5.56. The van der Waals surface area contributed by atoms with E-state index in [1.54, 1.807) is 0 Å². The van der Waals surface area contributed by atoms with Gasteiger partial charge in [0, 0.05) is 21.7 Å². The zero-order valence-electron chi connectivity index (χ0n) is 9.59. The highest BCUT2D eigenvalue weighted by Gasteiger charge is 2.11. The van der Waals surface area contributed by atoms with Crippen LogP contribution in [-0.4, -0.2) is 19.0 Å². The first kappa shape index (κ1) is 13.4. The van der Waals surface area contributed by atoms with E-state index in [2.05, 4.69) is 33.2 Å². The fourth-order valence-corrected chi connectivity index (χ4v) is 1.83. The van der Waals surface area contributed by atoms with E-state index >= 15 is 0 Å². The first-order valence-corrected chi connectivity index (χ1v) is 6.48. The minimum Gasteiger partial charge on any atom is -0.326 e. The Morgan fingerprint density at radius 2 is 2.25 bits per heavy atom. The number of hydrogen-bond donors (Lipinski definition) is 2. The maximum Gasteiger partial charge on any atom is 0.228 e. The van der Waals surface area contributed by atoms with Gasteiger partial charge in [-0.25, -0.2) is 0 Å². The first-order chi connectivity index (χ1) is 7.63. The molecule has 0 spiro atoms. The maximum atomic E-state index is 11.8. The van der Waals surface area contributed by atoms with E-state index in [9.17, 15) is 4.79 Å². The number of rotatable bonds is 5. The number of benzene rings is 1. The number of halogens is 1. The quantitative estimate of drug-likeness (QED) is 0.814. The maximum absolute atomic E-state index is 11.8. The SMILES string of the molecule is CCNCC(C)C(=O)Nc1cccc(I)c1. The average molecular weight is 332 g/mol. The number of carbonyl (C=O) groups is 1. The topological polar surface area (TPSA) is 41.1 Å². The number of amides is 1. The predicted molar refractivity (Wildman–Crippen MR) is 75.5 cm³/mol. The van der Waals surface area contributed by atoms with Crippen LogP contribution in [-0.2, 0) is 4.79 Å². The van der Waals surface area contributed by atoms with Crippen LogP contribution in [0.25, 0.3) is 0 Å². The van der Waals surface area contributed by atoms with Gasteiger partial charge in [-0.05, 0) is 47.3 Å². The van der Waals surface area contributed by atoms with E-state index in [0.29, 0.717) is 6.54 Å². The minimum absolute atomic E-state index is 0.0159. The van der Waals surface area contributed by atoms with Crippen LogP contribution in [0.1, 0.15) is 13.8 Å². The summed E-state index contributed by atoms with van der Waals surface area (Å²) in [5, 5.41) is 6.07. The molecule has 0 aliphatic carbocycles. The molecule has 0 saturated carbocycles. The number of carbonyl (C=O) groups excluding carboxylic acids is 1. The molecule has 1 aromatic rings. The molecule has 0 aliphatic rings. The van der Waals surface area contributed by atoms with Crippen molar-refractivity contribution in [2.24, 2.45) is 5.92 Å². The Balaban J connectivity index is 2.50. The van der Waals surface area contributed by atoms with Gasteiger partial charge < -0.3 is 10.6 Å². The minimum atomic E-state index is -0.0159. The first-order valence-electron chi connectivity index (χ1n) is 5.40. The van der Waals surface area contributed by atoms with Crippen LogP contribution >= 0.6 is 22.6 Å². The smallest absolute Gasteiger partial charge is 0.228 e. The van der Waals surface area contributed by atoms with Crippen molar-refractivity contribution in [2.75, 3.05) is 18.4 Å². The molecule has 1 unspecified atom stereocenters.